The molecule has 0 saturated carbocycles. The highest BCUT2D eigenvalue weighted by atomic mass is 35.5. The minimum Gasteiger partial charge on any atom is -0.466 e. The molecule has 0 aliphatic carbocycles. The summed E-state index contributed by atoms with van der Waals surface area (Å²) in [6.45, 7) is 4.01. The average molecular weight is 300 g/mol. The first-order chi connectivity index (χ1) is 9.61. The van der Waals surface area contributed by atoms with Gasteiger partial charge in [0.05, 0.1) is 13.0 Å². The van der Waals surface area contributed by atoms with Crippen LogP contribution in [-0.4, -0.2) is 30.6 Å². The van der Waals surface area contributed by atoms with Crippen LogP contribution in [0.25, 0.3) is 0 Å². The topological polar surface area (TPSA) is 29.5 Å². The molecule has 1 fully saturated rings. The van der Waals surface area contributed by atoms with Gasteiger partial charge in [0.2, 0.25) is 0 Å². The molecular weight excluding hydrogens is 281 g/mol. The summed E-state index contributed by atoms with van der Waals surface area (Å²) in [5.41, 5.74) is 0.794. The van der Waals surface area contributed by atoms with Gasteiger partial charge < -0.3 is 4.74 Å². The van der Waals surface area contributed by atoms with Crippen LogP contribution in [0.15, 0.2) is 18.2 Å². The van der Waals surface area contributed by atoms with Gasteiger partial charge in [-0.05, 0) is 50.6 Å². The molecule has 20 heavy (non-hydrogen) atoms. The summed E-state index contributed by atoms with van der Waals surface area (Å²) in [4.78, 5) is 14.0. The molecule has 1 aromatic rings. The molecule has 1 aliphatic heterocycles. The molecule has 0 amide bonds. The molecule has 5 heteroatoms. The smallest absolute Gasteiger partial charge is 0.307 e. The number of carbonyl (C=O) groups excluding carboxylic acids is 1. The Labute approximate surface area is 123 Å². The van der Waals surface area contributed by atoms with Gasteiger partial charge in [0.25, 0.3) is 0 Å². The molecule has 0 N–H and O–H groups in total. The van der Waals surface area contributed by atoms with Crippen LogP contribution in [0.2, 0.25) is 5.02 Å². The second-order valence-electron chi connectivity index (χ2n) is 4.93. The molecule has 3 nitrogen and oxygen atoms in total. The number of hydrogen-bond donors (Lipinski definition) is 0. The van der Waals surface area contributed by atoms with Gasteiger partial charge in [0, 0.05) is 11.1 Å². The van der Waals surface area contributed by atoms with E-state index in [4.69, 9.17) is 16.3 Å². The quantitative estimate of drug-likeness (QED) is 0.779. The van der Waals surface area contributed by atoms with Gasteiger partial charge in [0.1, 0.15) is 5.82 Å². The number of carbonyl (C=O) groups is 1. The van der Waals surface area contributed by atoms with E-state index < -0.39 is 0 Å². The second-order valence-corrected chi connectivity index (χ2v) is 5.34. The highest BCUT2D eigenvalue weighted by Gasteiger charge is 2.28. The van der Waals surface area contributed by atoms with Crippen molar-refractivity contribution in [3.05, 3.63) is 34.6 Å². The maximum absolute atomic E-state index is 13.2. The van der Waals surface area contributed by atoms with E-state index in [1.807, 2.05) is 0 Å². The van der Waals surface area contributed by atoms with Crippen LogP contribution in [0.5, 0.6) is 0 Å². The molecule has 1 aromatic carbocycles. The summed E-state index contributed by atoms with van der Waals surface area (Å²) in [5.74, 6) is -0.611. The fraction of sp³-hybridized carbons (Fsp3) is 0.533. The van der Waals surface area contributed by atoms with E-state index in [1.54, 1.807) is 13.0 Å². The zero-order valence-electron chi connectivity index (χ0n) is 11.6. The molecule has 0 bridgehead atoms. The van der Waals surface area contributed by atoms with Crippen LogP contribution in [0.3, 0.4) is 0 Å². The van der Waals surface area contributed by atoms with Crippen molar-refractivity contribution in [2.75, 3.05) is 19.7 Å². The molecular formula is C15H19ClFNO2. The van der Waals surface area contributed by atoms with Gasteiger partial charge >= 0.3 is 5.97 Å². The lowest BCUT2D eigenvalue weighted by molar-refractivity contribution is -0.144. The van der Waals surface area contributed by atoms with Crippen molar-refractivity contribution in [3.8, 4) is 0 Å². The number of likely N-dealkylation sites (tertiary alicyclic amines) is 1. The number of ether oxygens (including phenoxy) is 1. The van der Waals surface area contributed by atoms with Crippen LogP contribution < -0.4 is 0 Å². The molecule has 1 saturated heterocycles. The first kappa shape index (κ1) is 15.3. The fourth-order valence-corrected chi connectivity index (χ4v) is 2.93. The molecule has 0 radical (unpaired) electrons. The molecule has 0 spiro atoms. The second kappa shape index (κ2) is 7.04. The molecule has 2 rings (SSSR count). The van der Waals surface area contributed by atoms with Crippen molar-refractivity contribution in [1.82, 2.24) is 4.90 Å². The van der Waals surface area contributed by atoms with Crippen LogP contribution >= 0.6 is 11.6 Å². The number of halogens is 2. The third-order valence-electron chi connectivity index (χ3n) is 3.57. The van der Waals surface area contributed by atoms with E-state index in [1.165, 1.54) is 12.1 Å². The minimum atomic E-state index is -0.366. The van der Waals surface area contributed by atoms with Gasteiger partial charge in [-0.2, -0.15) is 0 Å². The lowest BCUT2D eigenvalue weighted by Crippen LogP contribution is -2.28. The SMILES string of the molecule is CCOC(=O)CC(c1ccc(F)cc1Cl)N1CCCC1. The Morgan fingerprint density at radius 1 is 1.45 bits per heavy atom. The fourth-order valence-electron chi connectivity index (χ4n) is 2.64. The molecule has 1 unspecified atom stereocenters. The van der Waals surface area contributed by atoms with Gasteiger partial charge in [-0.25, -0.2) is 4.39 Å². The number of nitrogens with zero attached hydrogens (tertiary/aromatic N) is 1. The Kier molecular flexibility index (Phi) is 5.38. The highest BCUT2D eigenvalue weighted by Crippen LogP contribution is 2.33. The predicted octanol–water partition coefficient (Wildman–Crippen LogP) is 3.57. The first-order valence-electron chi connectivity index (χ1n) is 6.96. The van der Waals surface area contributed by atoms with E-state index >= 15 is 0 Å². The zero-order valence-corrected chi connectivity index (χ0v) is 12.3. The molecule has 1 atom stereocenters. The van der Waals surface area contributed by atoms with Crippen LogP contribution in [0.4, 0.5) is 4.39 Å². The largest absolute Gasteiger partial charge is 0.466 e. The van der Waals surface area contributed by atoms with Crippen molar-refractivity contribution in [3.63, 3.8) is 0 Å². The number of benzene rings is 1. The summed E-state index contributed by atoms with van der Waals surface area (Å²) >= 11 is 6.14. The van der Waals surface area contributed by atoms with Crippen molar-refractivity contribution >= 4 is 17.6 Å². The minimum absolute atomic E-state index is 0.135. The summed E-state index contributed by atoms with van der Waals surface area (Å²) in [7, 11) is 0. The third-order valence-corrected chi connectivity index (χ3v) is 3.90. The van der Waals surface area contributed by atoms with Crippen LogP contribution in [0, 0.1) is 5.82 Å². The van der Waals surface area contributed by atoms with Gasteiger partial charge in [-0.1, -0.05) is 17.7 Å². The van der Waals surface area contributed by atoms with Gasteiger partial charge in [0.15, 0.2) is 0 Å². The Morgan fingerprint density at radius 2 is 2.15 bits per heavy atom. The number of esters is 1. The van der Waals surface area contributed by atoms with Gasteiger partial charge in [-0.3, -0.25) is 9.69 Å². The Bertz CT molecular complexity index is 475. The van der Waals surface area contributed by atoms with E-state index in [2.05, 4.69) is 4.90 Å². The average Bonchev–Trinajstić information content (AvgIpc) is 2.90. The Balaban J connectivity index is 2.22. The van der Waals surface area contributed by atoms with Crippen molar-refractivity contribution in [2.24, 2.45) is 0 Å². The monoisotopic (exact) mass is 299 g/mol. The normalized spacial score (nSPS) is 17.1. The summed E-state index contributed by atoms with van der Waals surface area (Å²) in [6, 6.07) is 4.21. The van der Waals surface area contributed by atoms with Crippen molar-refractivity contribution < 1.29 is 13.9 Å². The Hall–Kier alpha value is -1.13. The number of hydrogen-bond acceptors (Lipinski definition) is 3. The molecule has 1 aliphatic rings. The summed E-state index contributed by atoms with van der Waals surface area (Å²) < 4.78 is 18.2. The third kappa shape index (κ3) is 3.70. The van der Waals surface area contributed by atoms with Crippen molar-refractivity contribution in [2.45, 2.75) is 32.2 Å². The summed E-state index contributed by atoms with van der Waals surface area (Å²) in [5, 5.41) is 0.367. The molecule has 0 aromatic heterocycles. The van der Waals surface area contributed by atoms with Crippen LogP contribution in [0.1, 0.15) is 37.8 Å². The van der Waals surface area contributed by atoms with E-state index in [0.29, 0.717) is 11.6 Å². The van der Waals surface area contributed by atoms with E-state index in [9.17, 15) is 9.18 Å². The zero-order chi connectivity index (χ0) is 14.5. The predicted molar refractivity (Wildman–Crippen MR) is 76.2 cm³/mol. The summed E-state index contributed by atoms with van der Waals surface area (Å²) in [6.07, 6.45) is 2.47. The lowest BCUT2D eigenvalue weighted by Gasteiger charge is -2.28. The maximum Gasteiger partial charge on any atom is 0.307 e. The Morgan fingerprint density at radius 3 is 2.75 bits per heavy atom. The molecule has 1 heterocycles. The first-order valence-corrected chi connectivity index (χ1v) is 7.34. The number of rotatable bonds is 5. The highest BCUT2D eigenvalue weighted by molar-refractivity contribution is 6.31. The van der Waals surface area contributed by atoms with E-state index in [-0.39, 0.29) is 24.2 Å². The maximum atomic E-state index is 13.2. The molecule has 110 valence electrons. The lowest BCUT2D eigenvalue weighted by atomic mass is 10.0. The van der Waals surface area contributed by atoms with Gasteiger partial charge in [-0.15, -0.1) is 0 Å². The van der Waals surface area contributed by atoms with Crippen molar-refractivity contribution in [1.29, 1.82) is 0 Å². The van der Waals surface area contributed by atoms with E-state index in [0.717, 1.165) is 31.5 Å². The van der Waals surface area contributed by atoms with Crippen LogP contribution in [-0.2, 0) is 9.53 Å². The standard InChI is InChI=1S/C15H19ClFNO2/c1-2-20-15(19)10-14(18-7-3-4-8-18)12-6-5-11(17)9-13(12)16/h5-6,9,14H,2-4,7-8,10H2,1H3.